The van der Waals surface area contributed by atoms with E-state index in [1.165, 1.54) is 11.8 Å². The van der Waals surface area contributed by atoms with Crippen LogP contribution in [0.5, 0.6) is 0 Å². The van der Waals surface area contributed by atoms with Crippen LogP contribution in [0.2, 0.25) is 5.02 Å². The number of nitrogens with zero attached hydrogens (tertiary/aromatic N) is 2. The monoisotopic (exact) mass is 406 g/mol. The Hall–Kier alpha value is -1.63. The summed E-state index contributed by atoms with van der Waals surface area (Å²) in [5.74, 6) is 1.10. The number of thioether (sulfide) groups is 1. The minimum atomic E-state index is -1.07. The Balaban J connectivity index is 1.85. The highest BCUT2D eigenvalue weighted by Gasteiger charge is 2.15. The molecule has 0 radical (unpaired) electrons. The molecule has 7 heteroatoms. The molecule has 0 saturated heterocycles. The van der Waals surface area contributed by atoms with Gasteiger partial charge >= 0.3 is 0 Å². The Kier molecular flexibility index (Phi) is 6.16. The smallest absolute Gasteiger partial charge is 0.262 e. The molecule has 2 aromatic carbocycles. The number of rotatable bonds is 6. The van der Waals surface area contributed by atoms with Crippen molar-refractivity contribution in [1.82, 2.24) is 9.55 Å². The molecule has 3 rings (SSSR count). The van der Waals surface area contributed by atoms with Gasteiger partial charge in [0.05, 0.1) is 21.7 Å². The maximum Gasteiger partial charge on any atom is 0.262 e. The van der Waals surface area contributed by atoms with E-state index in [1.807, 2.05) is 44.2 Å². The summed E-state index contributed by atoms with van der Waals surface area (Å²) in [4.78, 5) is 18.3. The molecule has 1 atom stereocenters. The summed E-state index contributed by atoms with van der Waals surface area (Å²) in [7, 11) is -1.07. The summed E-state index contributed by atoms with van der Waals surface area (Å²) < 4.78 is 14.1. The molecule has 0 amide bonds. The van der Waals surface area contributed by atoms with Gasteiger partial charge in [-0.05, 0) is 44.2 Å². The van der Waals surface area contributed by atoms with E-state index >= 15 is 0 Å². The molecule has 3 aromatic rings. The molecule has 0 aliphatic rings. The Morgan fingerprint density at radius 2 is 1.92 bits per heavy atom. The van der Waals surface area contributed by atoms with E-state index in [0.717, 1.165) is 4.90 Å². The number of fused-ring (bicyclic) bond motifs is 1. The van der Waals surface area contributed by atoms with E-state index in [-0.39, 0.29) is 11.6 Å². The zero-order valence-corrected chi connectivity index (χ0v) is 16.9. The molecule has 0 bridgehead atoms. The molecule has 0 fully saturated rings. The molecular weight excluding hydrogens is 388 g/mol. The van der Waals surface area contributed by atoms with Gasteiger partial charge in [-0.3, -0.25) is 13.6 Å². The SMILES string of the molecule is CC(C)n1c(SCC[S@@](=O)c2ccccc2)nc2cc(Cl)ccc2c1=O. The lowest BCUT2D eigenvalue weighted by Gasteiger charge is -2.16. The summed E-state index contributed by atoms with van der Waals surface area (Å²) in [6.45, 7) is 3.91. The van der Waals surface area contributed by atoms with Crippen molar-refractivity contribution in [2.24, 2.45) is 0 Å². The van der Waals surface area contributed by atoms with Crippen LogP contribution in [0.3, 0.4) is 0 Å². The number of aromatic nitrogens is 2. The maximum atomic E-state index is 12.8. The first-order valence-corrected chi connectivity index (χ1v) is 10.9. The van der Waals surface area contributed by atoms with Gasteiger partial charge in [0.15, 0.2) is 5.16 Å². The number of hydrogen-bond donors (Lipinski definition) is 0. The lowest BCUT2D eigenvalue weighted by molar-refractivity contribution is 0.519. The van der Waals surface area contributed by atoms with Crippen molar-refractivity contribution in [1.29, 1.82) is 0 Å². The lowest BCUT2D eigenvalue weighted by atomic mass is 10.2. The Bertz CT molecular complexity index is 1000. The molecule has 26 heavy (non-hydrogen) atoms. The third-order valence-electron chi connectivity index (χ3n) is 3.85. The van der Waals surface area contributed by atoms with Crippen LogP contribution in [-0.4, -0.2) is 25.3 Å². The molecule has 0 spiro atoms. The van der Waals surface area contributed by atoms with Crippen molar-refractivity contribution < 1.29 is 4.21 Å². The quantitative estimate of drug-likeness (QED) is 0.445. The molecular formula is C19H19ClN2O2S2. The summed E-state index contributed by atoms with van der Waals surface area (Å²) >= 11 is 7.49. The molecule has 1 aromatic heterocycles. The zero-order chi connectivity index (χ0) is 18.7. The van der Waals surface area contributed by atoms with Crippen LogP contribution in [0, 0.1) is 0 Å². The van der Waals surface area contributed by atoms with Gasteiger partial charge in [0.25, 0.3) is 5.56 Å². The first-order chi connectivity index (χ1) is 12.5. The Labute approximate surface area is 164 Å². The number of hydrogen-bond acceptors (Lipinski definition) is 4. The summed E-state index contributed by atoms with van der Waals surface area (Å²) in [6.07, 6.45) is 0. The molecule has 4 nitrogen and oxygen atoms in total. The normalized spacial score (nSPS) is 12.6. The fourth-order valence-electron chi connectivity index (χ4n) is 2.61. The van der Waals surface area contributed by atoms with Crippen molar-refractivity contribution in [3.05, 3.63) is 63.9 Å². The van der Waals surface area contributed by atoms with Crippen molar-refractivity contribution >= 4 is 45.1 Å². The van der Waals surface area contributed by atoms with Crippen LogP contribution in [0.15, 0.2) is 63.4 Å². The molecule has 1 heterocycles. The fraction of sp³-hybridized carbons (Fsp3) is 0.263. The summed E-state index contributed by atoms with van der Waals surface area (Å²) in [5, 5.41) is 1.73. The van der Waals surface area contributed by atoms with Crippen LogP contribution >= 0.6 is 23.4 Å². The predicted molar refractivity (Wildman–Crippen MR) is 110 cm³/mol. The first-order valence-electron chi connectivity index (χ1n) is 8.25. The predicted octanol–water partition coefficient (Wildman–Crippen LogP) is 4.53. The van der Waals surface area contributed by atoms with Gasteiger partial charge in [0.2, 0.25) is 0 Å². The molecule has 0 N–H and O–H groups in total. The second-order valence-corrected chi connectivity index (χ2v) is 9.11. The van der Waals surface area contributed by atoms with E-state index in [4.69, 9.17) is 11.6 Å². The molecule has 136 valence electrons. The van der Waals surface area contributed by atoms with Crippen molar-refractivity contribution in [3.63, 3.8) is 0 Å². The van der Waals surface area contributed by atoms with Crippen LogP contribution < -0.4 is 5.56 Å². The van der Waals surface area contributed by atoms with Crippen LogP contribution in [0.1, 0.15) is 19.9 Å². The van der Waals surface area contributed by atoms with Gasteiger partial charge in [0.1, 0.15) is 0 Å². The Morgan fingerprint density at radius 1 is 1.19 bits per heavy atom. The third kappa shape index (κ3) is 4.19. The lowest BCUT2D eigenvalue weighted by Crippen LogP contribution is -2.25. The fourth-order valence-corrected chi connectivity index (χ4v) is 5.19. The van der Waals surface area contributed by atoms with E-state index in [0.29, 0.717) is 32.6 Å². The highest BCUT2D eigenvalue weighted by atomic mass is 35.5. The van der Waals surface area contributed by atoms with Crippen LogP contribution in [0.4, 0.5) is 0 Å². The van der Waals surface area contributed by atoms with Gasteiger partial charge < -0.3 is 0 Å². The molecule has 0 saturated carbocycles. The summed E-state index contributed by atoms with van der Waals surface area (Å²) in [5.41, 5.74) is 0.513. The van der Waals surface area contributed by atoms with E-state index < -0.39 is 10.8 Å². The van der Waals surface area contributed by atoms with Gasteiger partial charge in [-0.1, -0.05) is 41.6 Å². The minimum absolute atomic E-state index is 0.0165. The Morgan fingerprint density at radius 3 is 2.62 bits per heavy atom. The highest BCUT2D eigenvalue weighted by Crippen LogP contribution is 2.23. The van der Waals surface area contributed by atoms with Crippen LogP contribution in [-0.2, 0) is 10.8 Å². The third-order valence-corrected chi connectivity index (χ3v) is 6.67. The van der Waals surface area contributed by atoms with E-state index in [9.17, 15) is 9.00 Å². The molecule has 0 aliphatic heterocycles. The van der Waals surface area contributed by atoms with Crippen molar-refractivity contribution in [2.45, 2.75) is 29.9 Å². The van der Waals surface area contributed by atoms with Gasteiger partial charge in [-0.2, -0.15) is 0 Å². The number of benzene rings is 2. The van der Waals surface area contributed by atoms with E-state index in [2.05, 4.69) is 4.98 Å². The zero-order valence-electron chi connectivity index (χ0n) is 14.5. The largest absolute Gasteiger partial charge is 0.285 e. The number of halogens is 1. The van der Waals surface area contributed by atoms with E-state index in [1.54, 1.807) is 22.8 Å². The van der Waals surface area contributed by atoms with Crippen molar-refractivity contribution in [2.75, 3.05) is 11.5 Å². The second-order valence-electron chi connectivity index (χ2n) is 6.04. The van der Waals surface area contributed by atoms with Crippen LogP contribution in [0.25, 0.3) is 10.9 Å². The first kappa shape index (κ1) is 19.1. The van der Waals surface area contributed by atoms with Gasteiger partial charge in [0, 0.05) is 27.5 Å². The average Bonchev–Trinajstić information content (AvgIpc) is 2.61. The summed E-state index contributed by atoms with van der Waals surface area (Å²) in [6, 6.07) is 14.5. The van der Waals surface area contributed by atoms with Crippen molar-refractivity contribution in [3.8, 4) is 0 Å². The molecule has 0 unspecified atom stereocenters. The topological polar surface area (TPSA) is 52.0 Å². The average molecular weight is 407 g/mol. The van der Waals surface area contributed by atoms with Gasteiger partial charge in [-0.15, -0.1) is 0 Å². The maximum absolute atomic E-state index is 12.8. The van der Waals surface area contributed by atoms with Gasteiger partial charge in [-0.25, -0.2) is 4.98 Å². The second kappa shape index (κ2) is 8.37. The standard InChI is InChI=1S/C19H19ClN2O2S2/c1-13(2)22-18(23)16-9-8-14(20)12-17(16)21-19(22)25-10-11-26(24)15-6-4-3-5-7-15/h3-9,12-13H,10-11H2,1-2H3/t26-/m1/s1. The minimum Gasteiger partial charge on any atom is -0.285 e. The molecule has 0 aliphatic carbocycles. The highest BCUT2D eigenvalue weighted by molar-refractivity contribution is 8.00.